The van der Waals surface area contributed by atoms with E-state index in [0.29, 0.717) is 25.3 Å². The minimum absolute atomic E-state index is 0.150. The molecule has 1 aliphatic heterocycles. The number of carbonyl (C=O) groups excluding carboxylic acids is 1. The summed E-state index contributed by atoms with van der Waals surface area (Å²) in [7, 11) is 0. The van der Waals surface area contributed by atoms with Crippen molar-refractivity contribution in [1.29, 1.82) is 0 Å². The van der Waals surface area contributed by atoms with Gasteiger partial charge in [0.15, 0.2) is 0 Å². The Balaban J connectivity index is 1.71. The molecule has 4 rings (SSSR count). The van der Waals surface area contributed by atoms with Crippen LogP contribution in [0.5, 0.6) is 0 Å². The summed E-state index contributed by atoms with van der Waals surface area (Å²) in [6.45, 7) is 7.02. The lowest BCUT2D eigenvalue weighted by Crippen LogP contribution is -2.45. The maximum Gasteiger partial charge on any atom is 0.252 e. The highest BCUT2D eigenvalue weighted by Crippen LogP contribution is 2.33. The number of imidazole rings is 1. The number of nitrogens with zero attached hydrogens (tertiary/aromatic N) is 3. The molecule has 1 atom stereocenters. The molecule has 2 heterocycles. The highest BCUT2D eigenvalue weighted by Gasteiger charge is 2.31. The molecule has 0 radical (unpaired) electrons. The van der Waals surface area contributed by atoms with Gasteiger partial charge in [0.25, 0.3) is 5.91 Å². The number of carbonyl (C=O) groups is 1. The number of fused-ring (bicyclic) bond motifs is 1. The first-order valence-corrected chi connectivity index (χ1v) is 10.5. The number of hydrogen-bond donors (Lipinski definition) is 2. The summed E-state index contributed by atoms with van der Waals surface area (Å²) < 4.78 is 15.5. The van der Waals surface area contributed by atoms with E-state index in [2.05, 4.69) is 9.88 Å². The van der Waals surface area contributed by atoms with E-state index in [0.717, 1.165) is 28.5 Å². The zero-order valence-corrected chi connectivity index (χ0v) is 18.0. The largest absolute Gasteiger partial charge is 0.383 e. The zero-order chi connectivity index (χ0) is 22.1. The SMILES string of the molecule is Cc1ccc(Nc2c(-c3ccc(F)cc3)nc3n2CCN(C(=O)[C@H](O)C(C)C)C3)cc1. The number of benzene rings is 2. The van der Waals surface area contributed by atoms with Crippen molar-refractivity contribution in [3.63, 3.8) is 0 Å². The number of aromatic nitrogens is 2. The predicted molar refractivity (Wildman–Crippen MR) is 118 cm³/mol. The Hall–Kier alpha value is -3.19. The van der Waals surface area contributed by atoms with Gasteiger partial charge in [-0.25, -0.2) is 9.37 Å². The van der Waals surface area contributed by atoms with Gasteiger partial charge in [-0.05, 0) is 49.2 Å². The molecule has 1 aliphatic rings. The maximum absolute atomic E-state index is 13.5. The third-order valence-corrected chi connectivity index (χ3v) is 5.60. The standard InChI is InChI=1S/C24H27FN4O2/c1-15(2)22(30)24(31)28-12-13-29-20(14-28)27-21(17-6-8-18(25)9-7-17)23(29)26-19-10-4-16(3)5-11-19/h4-11,15,22,26,30H,12-14H2,1-3H3/t22-/m1/s1. The van der Waals surface area contributed by atoms with Crippen molar-refractivity contribution in [1.82, 2.24) is 14.5 Å². The van der Waals surface area contributed by atoms with Gasteiger partial charge in [0.2, 0.25) is 0 Å². The van der Waals surface area contributed by atoms with E-state index in [1.807, 2.05) is 45.0 Å². The summed E-state index contributed by atoms with van der Waals surface area (Å²) in [6.07, 6.45) is -1.02. The topological polar surface area (TPSA) is 70.4 Å². The van der Waals surface area contributed by atoms with Crippen LogP contribution in [0.2, 0.25) is 0 Å². The van der Waals surface area contributed by atoms with E-state index in [4.69, 9.17) is 4.98 Å². The van der Waals surface area contributed by atoms with Crippen LogP contribution >= 0.6 is 0 Å². The minimum atomic E-state index is -1.02. The van der Waals surface area contributed by atoms with E-state index < -0.39 is 6.10 Å². The second-order valence-electron chi connectivity index (χ2n) is 8.32. The number of aryl methyl sites for hydroxylation is 1. The Labute approximate surface area is 181 Å². The molecule has 2 N–H and O–H groups in total. The molecule has 1 amide bonds. The smallest absolute Gasteiger partial charge is 0.252 e. The quantitative estimate of drug-likeness (QED) is 0.650. The lowest BCUT2D eigenvalue weighted by Gasteiger charge is -2.31. The normalized spacial score (nSPS) is 14.5. The summed E-state index contributed by atoms with van der Waals surface area (Å²) in [4.78, 5) is 19.1. The molecular formula is C24H27FN4O2. The Morgan fingerprint density at radius 3 is 2.42 bits per heavy atom. The Bertz CT molecular complexity index is 1070. The molecule has 0 aliphatic carbocycles. The van der Waals surface area contributed by atoms with Crippen LogP contribution in [0.25, 0.3) is 11.3 Å². The molecule has 0 fully saturated rings. The van der Waals surface area contributed by atoms with Gasteiger partial charge in [-0.3, -0.25) is 4.79 Å². The fourth-order valence-corrected chi connectivity index (χ4v) is 3.70. The van der Waals surface area contributed by atoms with E-state index in [1.54, 1.807) is 17.0 Å². The first kappa shape index (κ1) is 21.1. The number of aliphatic hydroxyl groups is 1. The fraction of sp³-hybridized carbons (Fsp3) is 0.333. The van der Waals surface area contributed by atoms with Crippen molar-refractivity contribution in [2.75, 3.05) is 11.9 Å². The van der Waals surface area contributed by atoms with Crippen LogP contribution < -0.4 is 5.32 Å². The number of rotatable bonds is 5. The van der Waals surface area contributed by atoms with Crippen molar-refractivity contribution in [3.05, 3.63) is 65.7 Å². The molecule has 0 saturated heterocycles. The molecule has 0 bridgehead atoms. The Kier molecular flexibility index (Phi) is 5.78. The van der Waals surface area contributed by atoms with Gasteiger partial charge in [0.05, 0.1) is 6.54 Å². The predicted octanol–water partition coefficient (Wildman–Crippen LogP) is 4.10. The summed E-state index contributed by atoms with van der Waals surface area (Å²) in [5.74, 6) is 0.801. The van der Waals surface area contributed by atoms with Crippen LogP contribution in [-0.2, 0) is 17.9 Å². The molecule has 6 nitrogen and oxygen atoms in total. The molecule has 162 valence electrons. The third kappa shape index (κ3) is 4.32. The average Bonchev–Trinajstić information content (AvgIpc) is 3.12. The third-order valence-electron chi connectivity index (χ3n) is 5.60. The number of nitrogens with one attached hydrogen (secondary N) is 1. The maximum atomic E-state index is 13.5. The molecule has 31 heavy (non-hydrogen) atoms. The average molecular weight is 423 g/mol. The summed E-state index contributed by atoms with van der Waals surface area (Å²) in [5.41, 5.74) is 3.58. The molecule has 7 heteroatoms. The molecule has 3 aromatic rings. The number of halogens is 1. The summed E-state index contributed by atoms with van der Waals surface area (Å²) in [6, 6.07) is 14.3. The molecule has 0 unspecified atom stereocenters. The first-order valence-electron chi connectivity index (χ1n) is 10.5. The second-order valence-corrected chi connectivity index (χ2v) is 8.32. The highest BCUT2D eigenvalue weighted by atomic mass is 19.1. The van der Waals surface area contributed by atoms with Gasteiger partial charge < -0.3 is 19.9 Å². The van der Waals surface area contributed by atoms with Crippen LogP contribution in [0.1, 0.15) is 25.2 Å². The van der Waals surface area contributed by atoms with Crippen molar-refractivity contribution < 1.29 is 14.3 Å². The molecule has 1 aromatic heterocycles. The van der Waals surface area contributed by atoms with Crippen molar-refractivity contribution >= 4 is 17.4 Å². The van der Waals surface area contributed by atoms with Crippen LogP contribution in [0.4, 0.5) is 15.9 Å². The lowest BCUT2D eigenvalue weighted by molar-refractivity contribution is -0.144. The van der Waals surface area contributed by atoms with Gasteiger partial charge in [0, 0.05) is 24.3 Å². The van der Waals surface area contributed by atoms with Gasteiger partial charge in [-0.2, -0.15) is 0 Å². The number of hydrogen-bond acceptors (Lipinski definition) is 4. The number of aliphatic hydroxyl groups excluding tert-OH is 1. The Morgan fingerprint density at radius 1 is 1.10 bits per heavy atom. The van der Waals surface area contributed by atoms with Gasteiger partial charge in [-0.15, -0.1) is 0 Å². The van der Waals surface area contributed by atoms with Crippen LogP contribution in [-0.4, -0.2) is 38.1 Å². The van der Waals surface area contributed by atoms with Crippen LogP contribution in [0.3, 0.4) is 0 Å². The van der Waals surface area contributed by atoms with E-state index in [9.17, 15) is 14.3 Å². The molecule has 0 saturated carbocycles. The van der Waals surface area contributed by atoms with Crippen molar-refractivity contribution in [2.45, 2.75) is 40.0 Å². The monoisotopic (exact) mass is 422 g/mol. The van der Waals surface area contributed by atoms with E-state index >= 15 is 0 Å². The van der Waals surface area contributed by atoms with Crippen LogP contribution in [0, 0.1) is 18.7 Å². The van der Waals surface area contributed by atoms with Crippen molar-refractivity contribution in [2.24, 2.45) is 5.92 Å². The Morgan fingerprint density at radius 2 is 1.77 bits per heavy atom. The van der Waals surface area contributed by atoms with Gasteiger partial charge in [-0.1, -0.05) is 31.5 Å². The highest BCUT2D eigenvalue weighted by molar-refractivity contribution is 5.81. The van der Waals surface area contributed by atoms with Gasteiger partial charge in [0.1, 0.15) is 29.3 Å². The lowest BCUT2D eigenvalue weighted by atomic mass is 10.1. The summed E-state index contributed by atoms with van der Waals surface area (Å²) in [5, 5.41) is 13.7. The first-order chi connectivity index (χ1) is 14.8. The molecule has 2 aromatic carbocycles. The van der Waals surface area contributed by atoms with Gasteiger partial charge >= 0.3 is 0 Å². The molecular weight excluding hydrogens is 395 g/mol. The van der Waals surface area contributed by atoms with Crippen LogP contribution in [0.15, 0.2) is 48.5 Å². The van der Waals surface area contributed by atoms with E-state index in [-0.39, 0.29) is 17.6 Å². The zero-order valence-electron chi connectivity index (χ0n) is 18.0. The van der Waals surface area contributed by atoms with E-state index in [1.165, 1.54) is 12.1 Å². The summed E-state index contributed by atoms with van der Waals surface area (Å²) >= 11 is 0. The minimum Gasteiger partial charge on any atom is -0.383 e. The van der Waals surface area contributed by atoms with Crippen molar-refractivity contribution in [3.8, 4) is 11.3 Å². The number of amides is 1. The fourth-order valence-electron chi connectivity index (χ4n) is 3.70. The second kappa shape index (κ2) is 8.51. The number of anilines is 2. The molecule has 0 spiro atoms.